The fourth-order valence-corrected chi connectivity index (χ4v) is 3.00. The largest absolute Gasteiger partial charge is 0.328 e. The fourth-order valence-electron chi connectivity index (χ4n) is 2.58. The van der Waals surface area contributed by atoms with Gasteiger partial charge in [-0.25, -0.2) is 9.97 Å². The molecule has 0 bridgehead atoms. The van der Waals surface area contributed by atoms with Crippen LogP contribution in [0, 0.1) is 0 Å². The second-order valence-corrected chi connectivity index (χ2v) is 5.38. The molecule has 0 radical (unpaired) electrons. The van der Waals surface area contributed by atoms with Crippen molar-refractivity contribution in [2.45, 2.75) is 37.8 Å². The number of fused-ring (bicyclic) bond motifs is 1. The number of nitrogens with zero attached hydrogens (tertiary/aromatic N) is 4. The lowest BCUT2D eigenvalue weighted by Crippen LogP contribution is -2.29. The summed E-state index contributed by atoms with van der Waals surface area (Å²) in [5.41, 5.74) is 7.31. The molecule has 96 valence electrons. The third-order valence-corrected chi connectivity index (χ3v) is 3.86. The van der Waals surface area contributed by atoms with E-state index < -0.39 is 0 Å². The maximum Gasteiger partial charge on any atom is 0.225 e. The smallest absolute Gasteiger partial charge is 0.225 e. The van der Waals surface area contributed by atoms with Gasteiger partial charge < -0.3 is 10.3 Å². The van der Waals surface area contributed by atoms with Crippen LogP contribution in [0.1, 0.15) is 31.7 Å². The molecular formula is C11H13Cl2N5. The molecule has 2 atom stereocenters. The van der Waals surface area contributed by atoms with Gasteiger partial charge in [0.05, 0.1) is 6.33 Å². The summed E-state index contributed by atoms with van der Waals surface area (Å²) in [6.45, 7) is 0. The van der Waals surface area contributed by atoms with Crippen LogP contribution in [0.5, 0.6) is 0 Å². The van der Waals surface area contributed by atoms with Crippen molar-refractivity contribution in [1.82, 2.24) is 19.5 Å². The van der Waals surface area contributed by atoms with Gasteiger partial charge in [-0.05, 0) is 37.3 Å². The van der Waals surface area contributed by atoms with E-state index in [2.05, 4.69) is 15.0 Å². The molecule has 2 heterocycles. The highest BCUT2D eigenvalue weighted by Gasteiger charge is 2.23. The van der Waals surface area contributed by atoms with Crippen LogP contribution < -0.4 is 5.73 Å². The van der Waals surface area contributed by atoms with Crippen molar-refractivity contribution < 1.29 is 0 Å². The molecule has 3 rings (SSSR count). The molecule has 0 aliphatic heterocycles. The molecule has 1 saturated carbocycles. The molecule has 2 unspecified atom stereocenters. The highest BCUT2D eigenvalue weighted by Crippen LogP contribution is 2.31. The molecule has 1 aliphatic rings. The van der Waals surface area contributed by atoms with Crippen LogP contribution in [0.2, 0.25) is 10.4 Å². The Morgan fingerprint density at radius 3 is 2.89 bits per heavy atom. The highest BCUT2D eigenvalue weighted by atomic mass is 35.5. The molecule has 0 aromatic carbocycles. The first kappa shape index (κ1) is 12.1. The molecule has 0 spiro atoms. The van der Waals surface area contributed by atoms with E-state index in [9.17, 15) is 0 Å². The lowest BCUT2D eigenvalue weighted by atomic mass is 9.91. The summed E-state index contributed by atoms with van der Waals surface area (Å²) in [7, 11) is 0. The molecule has 7 heteroatoms. The van der Waals surface area contributed by atoms with Crippen LogP contribution in [-0.2, 0) is 0 Å². The summed E-state index contributed by atoms with van der Waals surface area (Å²) in [5, 5.41) is 0.443. The quantitative estimate of drug-likeness (QED) is 0.646. The van der Waals surface area contributed by atoms with Crippen molar-refractivity contribution in [3.05, 3.63) is 16.8 Å². The van der Waals surface area contributed by atoms with Crippen LogP contribution in [0.15, 0.2) is 6.33 Å². The lowest BCUT2D eigenvalue weighted by molar-refractivity contribution is 0.324. The SMILES string of the molecule is NC1CCCC(n2cnc3c(Cl)nc(Cl)nc32)C1. The first-order valence-electron chi connectivity index (χ1n) is 5.96. The molecule has 0 amide bonds. The molecular weight excluding hydrogens is 273 g/mol. The van der Waals surface area contributed by atoms with Gasteiger partial charge in [-0.3, -0.25) is 0 Å². The van der Waals surface area contributed by atoms with E-state index in [4.69, 9.17) is 28.9 Å². The zero-order chi connectivity index (χ0) is 12.7. The van der Waals surface area contributed by atoms with Gasteiger partial charge in [0.2, 0.25) is 5.28 Å². The Balaban J connectivity index is 2.06. The van der Waals surface area contributed by atoms with E-state index in [0.29, 0.717) is 22.4 Å². The van der Waals surface area contributed by atoms with Gasteiger partial charge in [-0.1, -0.05) is 11.6 Å². The summed E-state index contributed by atoms with van der Waals surface area (Å²) in [4.78, 5) is 12.4. The number of halogens is 2. The standard InChI is InChI=1S/C11H13Cl2N5/c12-9-8-10(17-11(13)16-9)18(5-15-8)7-3-1-2-6(14)4-7/h5-7H,1-4,14H2. The predicted molar refractivity (Wildman–Crippen MR) is 70.8 cm³/mol. The Morgan fingerprint density at radius 2 is 2.11 bits per heavy atom. The van der Waals surface area contributed by atoms with Crippen LogP contribution in [0.3, 0.4) is 0 Å². The number of hydrogen-bond acceptors (Lipinski definition) is 4. The van der Waals surface area contributed by atoms with Crippen molar-refractivity contribution >= 4 is 34.4 Å². The average Bonchev–Trinajstić information content (AvgIpc) is 2.72. The van der Waals surface area contributed by atoms with Crippen molar-refractivity contribution in [1.29, 1.82) is 0 Å². The van der Waals surface area contributed by atoms with E-state index in [0.717, 1.165) is 25.7 Å². The third kappa shape index (κ3) is 2.06. The monoisotopic (exact) mass is 285 g/mol. The van der Waals surface area contributed by atoms with E-state index in [1.54, 1.807) is 6.33 Å². The number of hydrogen-bond donors (Lipinski definition) is 1. The Labute approximate surface area is 114 Å². The summed E-state index contributed by atoms with van der Waals surface area (Å²) < 4.78 is 2.02. The summed E-state index contributed by atoms with van der Waals surface area (Å²) in [6.07, 6.45) is 5.98. The van der Waals surface area contributed by atoms with Crippen LogP contribution >= 0.6 is 23.2 Å². The fraction of sp³-hybridized carbons (Fsp3) is 0.545. The zero-order valence-electron chi connectivity index (χ0n) is 9.68. The lowest BCUT2D eigenvalue weighted by Gasteiger charge is -2.27. The van der Waals surface area contributed by atoms with E-state index in [-0.39, 0.29) is 11.3 Å². The zero-order valence-corrected chi connectivity index (χ0v) is 11.2. The normalized spacial score (nSPS) is 24.6. The summed E-state index contributed by atoms with van der Waals surface area (Å²) in [6, 6.07) is 0.565. The number of rotatable bonds is 1. The summed E-state index contributed by atoms with van der Waals surface area (Å²) in [5.74, 6) is 0. The molecule has 2 aromatic heterocycles. The number of imidazole rings is 1. The Morgan fingerprint density at radius 1 is 1.28 bits per heavy atom. The summed E-state index contributed by atoms with van der Waals surface area (Å²) >= 11 is 11.9. The molecule has 1 aliphatic carbocycles. The Bertz CT molecular complexity index is 582. The molecule has 0 saturated heterocycles. The maximum absolute atomic E-state index is 6.02. The second kappa shape index (κ2) is 4.64. The first-order chi connectivity index (χ1) is 8.65. The van der Waals surface area contributed by atoms with Crippen LogP contribution in [-0.4, -0.2) is 25.6 Å². The van der Waals surface area contributed by atoms with Gasteiger partial charge >= 0.3 is 0 Å². The van der Waals surface area contributed by atoms with Gasteiger partial charge in [0, 0.05) is 12.1 Å². The van der Waals surface area contributed by atoms with Crippen molar-refractivity contribution in [3.8, 4) is 0 Å². The number of aromatic nitrogens is 4. The number of nitrogens with two attached hydrogens (primary N) is 1. The molecule has 18 heavy (non-hydrogen) atoms. The molecule has 5 nitrogen and oxygen atoms in total. The van der Waals surface area contributed by atoms with Crippen molar-refractivity contribution in [2.24, 2.45) is 5.73 Å². The molecule has 2 aromatic rings. The topological polar surface area (TPSA) is 69.6 Å². The van der Waals surface area contributed by atoms with E-state index in [1.807, 2.05) is 4.57 Å². The molecule has 1 fully saturated rings. The second-order valence-electron chi connectivity index (χ2n) is 4.69. The van der Waals surface area contributed by atoms with Crippen molar-refractivity contribution in [2.75, 3.05) is 0 Å². The van der Waals surface area contributed by atoms with Gasteiger partial charge in [-0.2, -0.15) is 4.98 Å². The van der Waals surface area contributed by atoms with Gasteiger partial charge in [-0.15, -0.1) is 0 Å². The first-order valence-corrected chi connectivity index (χ1v) is 6.72. The van der Waals surface area contributed by atoms with E-state index >= 15 is 0 Å². The Kier molecular flexibility index (Phi) is 3.13. The minimum atomic E-state index is 0.148. The molecule has 2 N–H and O–H groups in total. The van der Waals surface area contributed by atoms with Gasteiger partial charge in [0.25, 0.3) is 0 Å². The van der Waals surface area contributed by atoms with Crippen molar-refractivity contribution in [3.63, 3.8) is 0 Å². The van der Waals surface area contributed by atoms with Gasteiger partial charge in [0.15, 0.2) is 10.8 Å². The predicted octanol–water partition coefficient (Wildman–Crippen LogP) is 2.58. The van der Waals surface area contributed by atoms with E-state index in [1.165, 1.54) is 0 Å². The minimum Gasteiger partial charge on any atom is -0.328 e. The highest BCUT2D eigenvalue weighted by molar-refractivity contribution is 6.35. The average molecular weight is 286 g/mol. The van der Waals surface area contributed by atoms with Gasteiger partial charge in [0.1, 0.15) is 5.52 Å². The Hall–Kier alpha value is -0.910. The maximum atomic E-state index is 6.02. The van der Waals surface area contributed by atoms with Crippen LogP contribution in [0.4, 0.5) is 0 Å². The minimum absolute atomic E-state index is 0.148. The van der Waals surface area contributed by atoms with Crippen LogP contribution in [0.25, 0.3) is 11.2 Å². The third-order valence-electron chi connectivity index (χ3n) is 3.43.